The Morgan fingerprint density at radius 1 is 1.19 bits per heavy atom. The largest absolute Gasteiger partial charge is 0.338 e. The second-order valence-corrected chi connectivity index (χ2v) is 8.03. The quantitative estimate of drug-likeness (QED) is 0.752. The van der Waals surface area contributed by atoms with Crippen LogP contribution in [0.5, 0.6) is 0 Å². The summed E-state index contributed by atoms with van der Waals surface area (Å²) in [6.07, 6.45) is 0.209. The molecule has 0 spiro atoms. The second-order valence-electron chi connectivity index (χ2n) is 7.19. The molecule has 2 aromatic rings. The molecule has 0 bridgehead atoms. The summed E-state index contributed by atoms with van der Waals surface area (Å²) in [5.41, 5.74) is 2.83. The summed E-state index contributed by atoms with van der Waals surface area (Å²) in [6, 6.07) is 13.2. The van der Waals surface area contributed by atoms with Gasteiger partial charge in [0.2, 0.25) is 11.8 Å². The molecule has 0 unspecified atom stereocenters. The third kappa shape index (κ3) is 4.82. The van der Waals surface area contributed by atoms with Gasteiger partial charge in [0.05, 0.1) is 16.6 Å². The minimum Gasteiger partial charge on any atom is -0.338 e. The van der Waals surface area contributed by atoms with Crippen LogP contribution in [0.4, 0.5) is 5.69 Å². The molecule has 0 radical (unpaired) electrons. The maximum Gasteiger partial charge on any atom is 0.229 e. The lowest BCUT2D eigenvalue weighted by Gasteiger charge is -2.17. The first-order valence-electron chi connectivity index (χ1n) is 8.96. The molecular formula is C21H22Cl2N2O2. The van der Waals surface area contributed by atoms with Gasteiger partial charge in [-0.2, -0.15) is 0 Å². The summed E-state index contributed by atoms with van der Waals surface area (Å²) in [7, 11) is 0. The molecule has 1 aliphatic rings. The molecule has 0 saturated carbocycles. The van der Waals surface area contributed by atoms with Gasteiger partial charge in [-0.3, -0.25) is 9.59 Å². The number of rotatable bonds is 5. The highest BCUT2D eigenvalue weighted by Crippen LogP contribution is 2.28. The zero-order valence-corrected chi connectivity index (χ0v) is 16.8. The summed E-state index contributed by atoms with van der Waals surface area (Å²) < 4.78 is 0. The Morgan fingerprint density at radius 2 is 1.89 bits per heavy atom. The van der Waals surface area contributed by atoms with Crippen LogP contribution in [0.2, 0.25) is 10.0 Å². The number of likely N-dealkylation sites (tertiary alicyclic amines) is 1. The van der Waals surface area contributed by atoms with E-state index in [0.29, 0.717) is 34.7 Å². The van der Waals surface area contributed by atoms with Gasteiger partial charge in [0.15, 0.2) is 0 Å². The molecular weight excluding hydrogens is 383 g/mol. The lowest BCUT2D eigenvalue weighted by atomic mass is 10.0. The maximum absolute atomic E-state index is 12.5. The van der Waals surface area contributed by atoms with Crippen molar-refractivity contribution < 1.29 is 9.59 Å². The van der Waals surface area contributed by atoms with Crippen molar-refractivity contribution in [2.24, 2.45) is 5.92 Å². The first-order valence-corrected chi connectivity index (χ1v) is 9.71. The summed E-state index contributed by atoms with van der Waals surface area (Å²) in [5, 5.41) is 3.68. The number of hydrogen-bond donors (Lipinski definition) is 1. The van der Waals surface area contributed by atoms with E-state index in [0.717, 1.165) is 5.56 Å². The zero-order valence-electron chi connectivity index (χ0n) is 15.3. The molecule has 2 amide bonds. The molecule has 4 nitrogen and oxygen atoms in total. The first-order chi connectivity index (χ1) is 12.8. The van der Waals surface area contributed by atoms with Gasteiger partial charge in [-0.25, -0.2) is 0 Å². The van der Waals surface area contributed by atoms with Crippen LogP contribution in [0.1, 0.15) is 37.3 Å². The highest BCUT2D eigenvalue weighted by Gasteiger charge is 2.34. The van der Waals surface area contributed by atoms with Crippen LogP contribution in [0, 0.1) is 5.92 Å². The second kappa shape index (κ2) is 8.32. The van der Waals surface area contributed by atoms with E-state index in [1.807, 2.05) is 12.1 Å². The molecule has 6 heteroatoms. The van der Waals surface area contributed by atoms with Gasteiger partial charge in [0.25, 0.3) is 0 Å². The average Bonchev–Trinajstić information content (AvgIpc) is 2.98. The summed E-state index contributed by atoms with van der Waals surface area (Å²) >= 11 is 12.0. The van der Waals surface area contributed by atoms with Crippen LogP contribution in [-0.2, 0) is 16.1 Å². The van der Waals surface area contributed by atoms with Crippen molar-refractivity contribution >= 4 is 40.7 Å². The molecule has 1 aliphatic heterocycles. The van der Waals surface area contributed by atoms with E-state index in [-0.39, 0.29) is 24.2 Å². The van der Waals surface area contributed by atoms with Crippen molar-refractivity contribution in [1.29, 1.82) is 0 Å². The van der Waals surface area contributed by atoms with E-state index in [1.165, 1.54) is 5.56 Å². The van der Waals surface area contributed by atoms with Gasteiger partial charge in [-0.05, 0) is 35.2 Å². The number of nitrogens with zero attached hydrogens (tertiary/aromatic N) is 1. The molecule has 1 saturated heterocycles. The average molecular weight is 405 g/mol. The fraction of sp³-hybridized carbons (Fsp3) is 0.333. The fourth-order valence-electron chi connectivity index (χ4n) is 3.15. The number of hydrogen-bond acceptors (Lipinski definition) is 2. The van der Waals surface area contributed by atoms with Crippen LogP contribution < -0.4 is 5.32 Å². The maximum atomic E-state index is 12.5. The predicted molar refractivity (Wildman–Crippen MR) is 109 cm³/mol. The van der Waals surface area contributed by atoms with Crippen LogP contribution >= 0.6 is 23.2 Å². The lowest BCUT2D eigenvalue weighted by molar-refractivity contribution is -0.128. The third-order valence-electron chi connectivity index (χ3n) is 4.79. The third-order valence-corrected chi connectivity index (χ3v) is 5.34. The fourth-order valence-corrected chi connectivity index (χ4v) is 3.61. The highest BCUT2D eigenvalue weighted by molar-refractivity contribution is 6.36. The van der Waals surface area contributed by atoms with Crippen LogP contribution in [-0.4, -0.2) is 23.3 Å². The van der Waals surface area contributed by atoms with Crippen molar-refractivity contribution in [2.75, 3.05) is 11.9 Å². The lowest BCUT2D eigenvalue weighted by Crippen LogP contribution is -2.28. The Balaban J connectivity index is 1.61. The number of carbonyl (C=O) groups excluding carboxylic acids is 2. The predicted octanol–water partition coefficient (Wildman–Crippen LogP) is 5.10. The Kier molecular flexibility index (Phi) is 6.08. The van der Waals surface area contributed by atoms with Crippen molar-refractivity contribution in [3.63, 3.8) is 0 Å². The van der Waals surface area contributed by atoms with Gasteiger partial charge in [-0.1, -0.05) is 61.3 Å². The molecule has 0 aromatic heterocycles. The summed E-state index contributed by atoms with van der Waals surface area (Å²) in [6.45, 7) is 5.22. The normalized spacial score (nSPS) is 16.9. The SMILES string of the molecule is CC(C)c1ccc(CN2C[C@@H](C(=O)Nc3ccc(Cl)cc3Cl)CC2=O)cc1. The van der Waals surface area contributed by atoms with Gasteiger partial charge in [0.1, 0.15) is 0 Å². The molecule has 142 valence electrons. The first kappa shape index (κ1) is 19.7. The summed E-state index contributed by atoms with van der Waals surface area (Å²) in [5.74, 6) is -0.130. The van der Waals surface area contributed by atoms with Crippen molar-refractivity contribution in [3.8, 4) is 0 Å². The Bertz CT molecular complexity index is 850. The van der Waals surface area contributed by atoms with E-state index in [9.17, 15) is 9.59 Å². The van der Waals surface area contributed by atoms with E-state index >= 15 is 0 Å². The van der Waals surface area contributed by atoms with Crippen molar-refractivity contribution in [3.05, 3.63) is 63.6 Å². The number of benzene rings is 2. The number of anilines is 1. The highest BCUT2D eigenvalue weighted by atomic mass is 35.5. The Hall–Kier alpha value is -2.04. The van der Waals surface area contributed by atoms with Crippen LogP contribution in [0.3, 0.4) is 0 Å². The molecule has 1 N–H and O–H groups in total. The number of amides is 2. The van der Waals surface area contributed by atoms with Crippen molar-refractivity contribution in [1.82, 2.24) is 4.90 Å². The Morgan fingerprint density at radius 3 is 2.52 bits per heavy atom. The molecule has 1 fully saturated rings. The van der Waals surface area contributed by atoms with E-state index < -0.39 is 0 Å². The molecule has 2 aromatic carbocycles. The smallest absolute Gasteiger partial charge is 0.229 e. The Labute approximate surface area is 169 Å². The van der Waals surface area contributed by atoms with Gasteiger partial charge in [0, 0.05) is 24.5 Å². The van der Waals surface area contributed by atoms with Crippen LogP contribution in [0.15, 0.2) is 42.5 Å². The molecule has 1 heterocycles. The zero-order chi connectivity index (χ0) is 19.6. The molecule has 27 heavy (non-hydrogen) atoms. The number of halogens is 2. The van der Waals surface area contributed by atoms with Gasteiger partial charge >= 0.3 is 0 Å². The van der Waals surface area contributed by atoms with Crippen LogP contribution in [0.25, 0.3) is 0 Å². The molecule has 3 rings (SSSR count). The topological polar surface area (TPSA) is 49.4 Å². The van der Waals surface area contributed by atoms with E-state index in [4.69, 9.17) is 23.2 Å². The van der Waals surface area contributed by atoms with Gasteiger partial charge in [-0.15, -0.1) is 0 Å². The monoisotopic (exact) mass is 404 g/mol. The minimum atomic E-state index is -0.390. The van der Waals surface area contributed by atoms with E-state index in [2.05, 4.69) is 31.3 Å². The molecule has 1 atom stereocenters. The van der Waals surface area contributed by atoms with Crippen molar-refractivity contribution in [2.45, 2.75) is 32.7 Å². The summed E-state index contributed by atoms with van der Waals surface area (Å²) in [4.78, 5) is 26.6. The molecule has 0 aliphatic carbocycles. The number of nitrogens with one attached hydrogen (secondary N) is 1. The number of carbonyl (C=O) groups is 2. The minimum absolute atomic E-state index is 0.00899. The van der Waals surface area contributed by atoms with Gasteiger partial charge < -0.3 is 10.2 Å². The standard InChI is InChI=1S/C21H22Cl2N2O2/c1-13(2)15-5-3-14(4-6-15)11-25-12-16(9-20(25)26)21(27)24-19-8-7-17(22)10-18(19)23/h3-8,10,13,16H,9,11-12H2,1-2H3,(H,24,27)/t16-/m0/s1. The van der Waals surface area contributed by atoms with E-state index in [1.54, 1.807) is 23.1 Å².